The first-order chi connectivity index (χ1) is 12.3. The first-order valence-corrected chi connectivity index (χ1v) is 9.69. The van der Waals surface area contributed by atoms with Crippen molar-refractivity contribution in [2.45, 2.75) is 4.90 Å². The molecular formula is C20H21N3OS. The van der Waals surface area contributed by atoms with Crippen molar-refractivity contribution in [3.63, 3.8) is 0 Å². The summed E-state index contributed by atoms with van der Waals surface area (Å²) in [5, 5.41) is 4.54. The van der Waals surface area contributed by atoms with Gasteiger partial charge in [0.1, 0.15) is 0 Å². The molecule has 128 valence electrons. The van der Waals surface area contributed by atoms with E-state index in [0.29, 0.717) is 0 Å². The molecule has 0 unspecified atom stereocenters. The van der Waals surface area contributed by atoms with Gasteiger partial charge in [-0.3, -0.25) is 0 Å². The molecule has 1 aliphatic heterocycles. The van der Waals surface area contributed by atoms with E-state index in [1.54, 1.807) is 11.8 Å². The molecule has 1 fully saturated rings. The molecule has 0 aliphatic carbocycles. The van der Waals surface area contributed by atoms with E-state index in [1.807, 2.05) is 10.9 Å². The zero-order valence-electron chi connectivity index (χ0n) is 14.3. The Morgan fingerprint density at radius 2 is 1.72 bits per heavy atom. The van der Waals surface area contributed by atoms with Gasteiger partial charge in [0, 0.05) is 29.2 Å². The highest BCUT2D eigenvalue weighted by Gasteiger charge is 2.12. The highest BCUT2D eigenvalue weighted by molar-refractivity contribution is 7.98. The van der Waals surface area contributed by atoms with Crippen LogP contribution in [0.4, 0.5) is 5.69 Å². The van der Waals surface area contributed by atoms with E-state index in [2.05, 4.69) is 70.9 Å². The highest BCUT2D eigenvalue weighted by Crippen LogP contribution is 2.27. The third-order valence-electron chi connectivity index (χ3n) is 4.48. The SMILES string of the molecule is CSc1cccc(-c2ccnn2-c2ccc(N3CCOCC3)cc2)c1. The van der Waals surface area contributed by atoms with Gasteiger partial charge in [-0.15, -0.1) is 11.8 Å². The molecule has 3 aromatic rings. The Bertz CT molecular complexity index is 838. The molecule has 0 N–H and O–H groups in total. The van der Waals surface area contributed by atoms with E-state index >= 15 is 0 Å². The lowest BCUT2D eigenvalue weighted by molar-refractivity contribution is 0.122. The molecule has 1 saturated heterocycles. The van der Waals surface area contributed by atoms with Crippen molar-refractivity contribution < 1.29 is 4.74 Å². The van der Waals surface area contributed by atoms with E-state index in [-0.39, 0.29) is 0 Å². The molecule has 2 aromatic carbocycles. The standard InChI is InChI=1S/C20H21N3OS/c1-25-19-4-2-3-16(15-19)20-9-10-21-23(20)18-7-5-17(6-8-18)22-11-13-24-14-12-22/h2-10,15H,11-14H2,1H3. The van der Waals surface area contributed by atoms with Crippen LogP contribution in [0.5, 0.6) is 0 Å². The van der Waals surface area contributed by atoms with Gasteiger partial charge < -0.3 is 9.64 Å². The Morgan fingerprint density at radius 1 is 0.960 bits per heavy atom. The van der Waals surface area contributed by atoms with Gasteiger partial charge in [-0.1, -0.05) is 12.1 Å². The van der Waals surface area contributed by atoms with Crippen molar-refractivity contribution in [1.29, 1.82) is 0 Å². The Balaban J connectivity index is 1.63. The van der Waals surface area contributed by atoms with E-state index in [1.165, 1.54) is 16.1 Å². The zero-order valence-corrected chi connectivity index (χ0v) is 15.1. The van der Waals surface area contributed by atoms with E-state index < -0.39 is 0 Å². The maximum absolute atomic E-state index is 5.43. The third kappa shape index (κ3) is 3.43. The number of anilines is 1. The second kappa shape index (κ2) is 7.33. The number of benzene rings is 2. The third-order valence-corrected chi connectivity index (χ3v) is 5.20. The van der Waals surface area contributed by atoms with Crippen LogP contribution in [0.3, 0.4) is 0 Å². The van der Waals surface area contributed by atoms with Crippen molar-refractivity contribution in [2.75, 3.05) is 37.5 Å². The fourth-order valence-electron chi connectivity index (χ4n) is 3.14. The van der Waals surface area contributed by atoms with Gasteiger partial charge in [0.25, 0.3) is 0 Å². The molecule has 5 heteroatoms. The number of hydrogen-bond acceptors (Lipinski definition) is 4. The molecule has 0 atom stereocenters. The fourth-order valence-corrected chi connectivity index (χ4v) is 3.60. The van der Waals surface area contributed by atoms with Crippen LogP contribution in [0, 0.1) is 0 Å². The molecule has 0 spiro atoms. The number of rotatable bonds is 4. The average Bonchev–Trinajstić information content (AvgIpc) is 3.19. The molecule has 1 aromatic heterocycles. The predicted molar refractivity (Wildman–Crippen MR) is 104 cm³/mol. The molecule has 1 aliphatic rings. The van der Waals surface area contributed by atoms with E-state index in [4.69, 9.17) is 4.74 Å². The average molecular weight is 351 g/mol. The predicted octanol–water partition coefficient (Wildman–Crippen LogP) is 4.10. The number of aromatic nitrogens is 2. The summed E-state index contributed by atoms with van der Waals surface area (Å²) in [4.78, 5) is 3.62. The number of thioether (sulfide) groups is 1. The minimum absolute atomic E-state index is 0.802. The molecule has 2 heterocycles. The molecule has 0 amide bonds. The van der Waals surface area contributed by atoms with Crippen molar-refractivity contribution in [3.05, 3.63) is 60.8 Å². The van der Waals surface area contributed by atoms with Gasteiger partial charge >= 0.3 is 0 Å². The lowest BCUT2D eigenvalue weighted by Crippen LogP contribution is -2.36. The minimum Gasteiger partial charge on any atom is -0.378 e. The van der Waals surface area contributed by atoms with E-state index in [0.717, 1.165) is 37.7 Å². The topological polar surface area (TPSA) is 30.3 Å². The Kier molecular flexibility index (Phi) is 4.76. The summed E-state index contributed by atoms with van der Waals surface area (Å²) in [5.74, 6) is 0. The molecule has 0 radical (unpaired) electrons. The van der Waals surface area contributed by atoms with Crippen LogP contribution in [-0.4, -0.2) is 42.3 Å². The summed E-state index contributed by atoms with van der Waals surface area (Å²) in [6.45, 7) is 3.51. The van der Waals surface area contributed by atoms with Crippen LogP contribution in [0.15, 0.2) is 65.7 Å². The first kappa shape index (κ1) is 16.2. The first-order valence-electron chi connectivity index (χ1n) is 8.47. The lowest BCUT2D eigenvalue weighted by atomic mass is 10.1. The maximum atomic E-state index is 5.43. The number of morpholine rings is 1. The van der Waals surface area contributed by atoms with Crippen LogP contribution in [0.25, 0.3) is 16.9 Å². The highest BCUT2D eigenvalue weighted by atomic mass is 32.2. The second-order valence-corrected chi connectivity index (χ2v) is 6.86. The summed E-state index contributed by atoms with van der Waals surface area (Å²) in [6, 6.07) is 19.3. The number of nitrogens with zero attached hydrogens (tertiary/aromatic N) is 3. The summed E-state index contributed by atoms with van der Waals surface area (Å²) in [5.41, 5.74) is 4.60. The summed E-state index contributed by atoms with van der Waals surface area (Å²) in [7, 11) is 0. The monoisotopic (exact) mass is 351 g/mol. The Labute approximate surface area is 152 Å². The van der Waals surface area contributed by atoms with Crippen molar-refractivity contribution in [1.82, 2.24) is 9.78 Å². The summed E-state index contributed by atoms with van der Waals surface area (Å²) in [6.07, 6.45) is 3.96. The fraction of sp³-hybridized carbons (Fsp3) is 0.250. The normalized spacial score (nSPS) is 14.7. The summed E-state index contributed by atoms with van der Waals surface area (Å²) < 4.78 is 7.43. The van der Waals surface area contributed by atoms with Gasteiger partial charge in [-0.25, -0.2) is 4.68 Å². The van der Waals surface area contributed by atoms with Crippen LogP contribution in [-0.2, 0) is 4.74 Å². The molecule has 0 saturated carbocycles. The van der Waals surface area contributed by atoms with Gasteiger partial charge in [-0.05, 0) is 48.7 Å². The quantitative estimate of drug-likeness (QED) is 0.662. The second-order valence-electron chi connectivity index (χ2n) is 5.98. The van der Waals surface area contributed by atoms with Crippen LogP contribution >= 0.6 is 11.8 Å². The Morgan fingerprint density at radius 3 is 2.48 bits per heavy atom. The maximum Gasteiger partial charge on any atom is 0.0741 e. The Hall–Kier alpha value is -2.24. The van der Waals surface area contributed by atoms with Crippen LogP contribution < -0.4 is 4.90 Å². The molecule has 25 heavy (non-hydrogen) atoms. The van der Waals surface area contributed by atoms with Gasteiger partial charge in [-0.2, -0.15) is 5.10 Å². The molecule has 4 nitrogen and oxygen atoms in total. The lowest BCUT2D eigenvalue weighted by Gasteiger charge is -2.28. The van der Waals surface area contributed by atoms with Gasteiger partial charge in [0.05, 0.1) is 30.8 Å². The van der Waals surface area contributed by atoms with Crippen LogP contribution in [0.2, 0.25) is 0 Å². The number of hydrogen-bond donors (Lipinski definition) is 0. The van der Waals surface area contributed by atoms with Gasteiger partial charge in [0.15, 0.2) is 0 Å². The molecule has 0 bridgehead atoms. The van der Waals surface area contributed by atoms with Crippen molar-refractivity contribution >= 4 is 17.4 Å². The van der Waals surface area contributed by atoms with E-state index in [9.17, 15) is 0 Å². The largest absolute Gasteiger partial charge is 0.378 e. The van der Waals surface area contributed by atoms with Crippen molar-refractivity contribution in [2.24, 2.45) is 0 Å². The van der Waals surface area contributed by atoms with Crippen LogP contribution in [0.1, 0.15) is 0 Å². The van der Waals surface area contributed by atoms with Crippen molar-refractivity contribution in [3.8, 4) is 16.9 Å². The van der Waals surface area contributed by atoms with Gasteiger partial charge in [0.2, 0.25) is 0 Å². The summed E-state index contributed by atoms with van der Waals surface area (Å²) >= 11 is 1.75. The molecule has 4 rings (SSSR count). The number of ether oxygens (including phenoxy) is 1. The smallest absolute Gasteiger partial charge is 0.0741 e. The molecular weight excluding hydrogens is 330 g/mol. The minimum atomic E-state index is 0.802. The zero-order chi connectivity index (χ0) is 17.1.